The first-order valence-corrected chi connectivity index (χ1v) is 9.71. The molecule has 1 aliphatic heterocycles. The van der Waals surface area contributed by atoms with Crippen molar-refractivity contribution < 1.29 is 17.9 Å². The molecule has 5 nitrogen and oxygen atoms in total. The van der Waals surface area contributed by atoms with Gasteiger partial charge in [0, 0.05) is 0 Å². The minimum absolute atomic E-state index is 0.0645. The average Bonchev–Trinajstić information content (AvgIpc) is 3.38. The third kappa shape index (κ3) is 4.52. The van der Waals surface area contributed by atoms with Crippen LogP contribution >= 0.6 is 0 Å². The van der Waals surface area contributed by atoms with Crippen molar-refractivity contribution in [1.29, 1.82) is 0 Å². The first-order valence-electron chi connectivity index (χ1n) is 8.22. The van der Waals surface area contributed by atoms with Gasteiger partial charge < -0.3 is 9.47 Å². The van der Waals surface area contributed by atoms with E-state index in [4.69, 9.17) is 9.47 Å². The lowest BCUT2D eigenvalue weighted by molar-refractivity contribution is 0.263. The van der Waals surface area contributed by atoms with Gasteiger partial charge in [-0.25, -0.2) is 8.42 Å². The van der Waals surface area contributed by atoms with Crippen molar-refractivity contribution in [2.75, 3.05) is 17.9 Å². The van der Waals surface area contributed by atoms with E-state index >= 15 is 0 Å². The number of hydrogen-bond donors (Lipinski definition) is 1. The molecule has 6 heteroatoms. The van der Waals surface area contributed by atoms with Gasteiger partial charge in [0.2, 0.25) is 0 Å². The third-order valence-electron chi connectivity index (χ3n) is 3.97. The van der Waals surface area contributed by atoms with Crippen LogP contribution in [-0.4, -0.2) is 27.7 Å². The van der Waals surface area contributed by atoms with Gasteiger partial charge in [-0.2, -0.15) is 0 Å². The van der Waals surface area contributed by atoms with Gasteiger partial charge in [0.25, 0.3) is 10.0 Å². The molecule has 0 bridgehead atoms. The monoisotopic (exact) mass is 361 g/mol. The summed E-state index contributed by atoms with van der Waals surface area (Å²) in [4.78, 5) is 0.214. The molecule has 2 aromatic rings. The van der Waals surface area contributed by atoms with Gasteiger partial charge in [0.15, 0.2) is 0 Å². The van der Waals surface area contributed by atoms with Crippen molar-refractivity contribution in [2.45, 2.75) is 37.2 Å². The Hall–Kier alpha value is -2.05. The van der Waals surface area contributed by atoms with Crippen molar-refractivity contribution in [3.8, 4) is 5.75 Å². The zero-order chi connectivity index (χ0) is 18.1. The Kier molecular flexibility index (Phi) is 4.75. The summed E-state index contributed by atoms with van der Waals surface area (Å²) in [5.41, 5.74) is 1.43. The van der Waals surface area contributed by atoms with Crippen LogP contribution in [0.15, 0.2) is 53.4 Å². The highest BCUT2D eigenvalue weighted by Crippen LogP contribution is 2.33. The SMILES string of the molecule is CC(C)(C)c1ccc(NS(=O)(=O)c2ccccc2)c(OCC2CO2)c1. The fourth-order valence-corrected chi connectivity index (χ4v) is 3.43. The zero-order valence-corrected chi connectivity index (χ0v) is 15.5. The van der Waals surface area contributed by atoms with Crippen LogP contribution < -0.4 is 9.46 Å². The molecule has 1 N–H and O–H groups in total. The van der Waals surface area contributed by atoms with E-state index in [0.29, 0.717) is 24.7 Å². The summed E-state index contributed by atoms with van der Waals surface area (Å²) >= 11 is 0. The highest BCUT2D eigenvalue weighted by Gasteiger charge is 2.25. The van der Waals surface area contributed by atoms with Crippen LogP contribution in [0, 0.1) is 0 Å². The maximum atomic E-state index is 12.6. The topological polar surface area (TPSA) is 67.9 Å². The Balaban J connectivity index is 1.91. The number of hydrogen-bond acceptors (Lipinski definition) is 4. The van der Waals surface area contributed by atoms with Gasteiger partial charge in [-0.15, -0.1) is 0 Å². The van der Waals surface area contributed by atoms with Crippen molar-refractivity contribution in [2.24, 2.45) is 0 Å². The normalized spacial score (nSPS) is 17.2. The van der Waals surface area contributed by atoms with Crippen LogP contribution in [-0.2, 0) is 20.2 Å². The quantitative estimate of drug-likeness (QED) is 0.799. The molecule has 1 heterocycles. The fraction of sp³-hybridized carbons (Fsp3) is 0.368. The molecule has 1 fully saturated rings. The predicted molar refractivity (Wildman–Crippen MR) is 97.6 cm³/mol. The molecule has 25 heavy (non-hydrogen) atoms. The third-order valence-corrected chi connectivity index (χ3v) is 5.35. The van der Waals surface area contributed by atoms with Crippen LogP contribution in [0.2, 0.25) is 0 Å². The first kappa shape index (κ1) is 17.8. The molecule has 1 unspecified atom stereocenters. The maximum absolute atomic E-state index is 12.6. The molecule has 3 rings (SSSR count). The van der Waals surface area contributed by atoms with Crippen LogP contribution in [0.25, 0.3) is 0 Å². The summed E-state index contributed by atoms with van der Waals surface area (Å²) in [6, 6.07) is 13.9. The maximum Gasteiger partial charge on any atom is 0.262 e. The van der Waals surface area contributed by atoms with Crippen LogP contribution in [0.3, 0.4) is 0 Å². The van der Waals surface area contributed by atoms with Crippen LogP contribution in [0.1, 0.15) is 26.3 Å². The Labute approximate surface area is 149 Å². The average molecular weight is 361 g/mol. The molecule has 2 aromatic carbocycles. The number of epoxide rings is 1. The number of ether oxygens (including phenoxy) is 2. The molecule has 0 aliphatic carbocycles. The number of sulfonamides is 1. The Bertz CT molecular complexity index is 837. The predicted octanol–water partition coefficient (Wildman–Crippen LogP) is 3.56. The lowest BCUT2D eigenvalue weighted by Crippen LogP contribution is -2.16. The molecule has 134 valence electrons. The molecule has 0 amide bonds. The number of anilines is 1. The minimum atomic E-state index is -3.67. The van der Waals surface area contributed by atoms with Gasteiger partial charge in [-0.05, 0) is 35.2 Å². The van der Waals surface area contributed by atoms with E-state index in [-0.39, 0.29) is 16.4 Å². The zero-order valence-electron chi connectivity index (χ0n) is 14.7. The summed E-state index contributed by atoms with van der Waals surface area (Å²) in [6.45, 7) is 7.40. The number of nitrogens with one attached hydrogen (secondary N) is 1. The second-order valence-corrected chi connectivity index (χ2v) is 8.83. The first-order chi connectivity index (χ1) is 11.8. The van der Waals surface area contributed by atoms with Crippen LogP contribution in [0.5, 0.6) is 5.75 Å². The number of benzene rings is 2. The fourth-order valence-electron chi connectivity index (χ4n) is 2.34. The molecule has 0 saturated carbocycles. The van der Waals surface area contributed by atoms with Crippen LogP contribution in [0.4, 0.5) is 5.69 Å². The molecule has 0 radical (unpaired) electrons. The molecule has 0 aromatic heterocycles. The van der Waals surface area contributed by atoms with Gasteiger partial charge in [0.1, 0.15) is 18.5 Å². The van der Waals surface area contributed by atoms with Gasteiger partial charge >= 0.3 is 0 Å². The lowest BCUT2D eigenvalue weighted by atomic mass is 9.87. The number of rotatable bonds is 6. The largest absolute Gasteiger partial charge is 0.489 e. The minimum Gasteiger partial charge on any atom is -0.489 e. The summed E-state index contributed by atoms with van der Waals surface area (Å²) < 4.78 is 38.8. The summed E-state index contributed by atoms with van der Waals surface area (Å²) in [5, 5.41) is 0. The van der Waals surface area contributed by atoms with Crippen molar-refractivity contribution in [1.82, 2.24) is 0 Å². The standard InChI is InChI=1S/C19H23NO4S/c1-19(2,3)14-9-10-17(18(11-14)24-13-15-12-23-15)20-25(21,22)16-7-5-4-6-8-16/h4-11,15,20H,12-13H2,1-3H3. The second-order valence-electron chi connectivity index (χ2n) is 7.15. The van der Waals surface area contributed by atoms with E-state index in [1.165, 1.54) is 0 Å². The summed E-state index contributed by atoms with van der Waals surface area (Å²) in [6.07, 6.45) is 0.0943. The van der Waals surface area contributed by atoms with E-state index in [9.17, 15) is 8.42 Å². The Morgan fingerprint density at radius 3 is 2.44 bits per heavy atom. The Morgan fingerprint density at radius 2 is 1.84 bits per heavy atom. The smallest absolute Gasteiger partial charge is 0.262 e. The van der Waals surface area contributed by atoms with E-state index in [0.717, 1.165) is 5.56 Å². The molecular formula is C19H23NO4S. The highest BCUT2D eigenvalue weighted by atomic mass is 32.2. The second kappa shape index (κ2) is 6.69. The molecule has 1 saturated heterocycles. The molecule has 1 atom stereocenters. The lowest BCUT2D eigenvalue weighted by Gasteiger charge is -2.22. The van der Waals surface area contributed by atoms with Crippen molar-refractivity contribution in [3.05, 3.63) is 54.1 Å². The summed E-state index contributed by atoms with van der Waals surface area (Å²) in [5.74, 6) is 0.516. The van der Waals surface area contributed by atoms with E-state index in [1.54, 1.807) is 36.4 Å². The summed E-state index contributed by atoms with van der Waals surface area (Å²) in [7, 11) is -3.67. The van der Waals surface area contributed by atoms with E-state index < -0.39 is 10.0 Å². The van der Waals surface area contributed by atoms with Crippen molar-refractivity contribution >= 4 is 15.7 Å². The molecule has 0 spiro atoms. The van der Waals surface area contributed by atoms with E-state index in [1.807, 2.05) is 12.1 Å². The molecule has 1 aliphatic rings. The Morgan fingerprint density at radius 1 is 1.16 bits per heavy atom. The highest BCUT2D eigenvalue weighted by molar-refractivity contribution is 7.92. The van der Waals surface area contributed by atoms with E-state index in [2.05, 4.69) is 25.5 Å². The van der Waals surface area contributed by atoms with Crippen molar-refractivity contribution in [3.63, 3.8) is 0 Å². The van der Waals surface area contributed by atoms with Gasteiger partial charge in [-0.1, -0.05) is 45.0 Å². The molecular weight excluding hydrogens is 338 g/mol. The van der Waals surface area contributed by atoms with Gasteiger partial charge in [0.05, 0.1) is 17.2 Å². The van der Waals surface area contributed by atoms with Gasteiger partial charge in [-0.3, -0.25) is 4.72 Å².